The molecule has 4 rings (SSSR count). The lowest BCUT2D eigenvalue weighted by Gasteiger charge is -2.19. The van der Waals surface area contributed by atoms with Crippen LogP contribution in [0.1, 0.15) is 17.0 Å². The van der Waals surface area contributed by atoms with Crippen molar-refractivity contribution in [2.24, 2.45) is 0 Å². The van der Waals surface area contributed by atoms with Gasteiger partial charge in [0.25, 0.3) is 10.0 Å². The monoisotopic (exact) mass is 654 g/mol. The van der Waals surface area contributed by atoms with Crippen LogP contribution >= 0.6 is 11.3 Å². The second-order valence-corrected chi connectivity index (χ2v) is 11.7. The molecule has 0 aliphatic rings. The summed E-state index contributed by atoms with van der Waals surface area (Å²) in [5, 5.41) is 23.8. The topological polar surface area (TPSA) is 159 Å². The number of aryl methyl sites for hydroxylation is 1. The highest BCUT2D eigenvalue weighted by molar-refractivity contribution is 7.91. The van der Waals surface area contributed by atoms with Gasteiger partial charge in [-0.15, -0.1) is 0 Å². The van der Waals surface area contributed by atoms with E-state index in [1.165, 1.54) is 6.92 Å². The predicted molar refractivity (Wildman–Crippen MR) is 138 cm³/mol. The number of nitrogens with one attached hydrogen (secondary N) is 1. The minimum atomic E-state index is -4.99. The number of halogens is 6. The fraction of sp³-hybridized carbons (Fsp3) is 0.304. The lowest BCUT2D eigenvalue weighted by molar-refractivity contribution is -0.142. The number of hydrogen-bond donors (Lipinski definition) is 3. The third kappa shape index (κ3) is 6.88. The summed E-state index contributed by atoms with van der Waals surface area (Å²) >= 11 is 0.518. The molecular weight excluding hydrogens is 634 g/mol. The smallest absolute Gasteiger partial charge is 0.404 e. The highest BCUT2D eigenvalue weighted by Crippen LogP contribution is 2.36. The van der Waals surface area contributed by atoms with E-state index < -0.39 is 64.3 Å². The number of anilines is 1. The Labute approximate surface area is 242 Å². The molecule has 0 atom stereocenters. The number of hydrogen-bond acceptors (Lipinski definition) is 10. The van der Waals surface area contributed by atoms with Crippen molar-refractivity contribution in [3.05, 3.63) is 53.5 Å². The van der Waals surface area contributed by atoms with E-state index >= 15 is 0 Å². The number of carbonyl (C=O) groups is 1. The molecule has 43 heavy (non-hydrogen) atoms. The van der Waals surface area contributed by atoms with Gasteiger partial charge in [-0.25, -0.2) is 27.7 Å². The van der Waals surface area contributed by atoms with Crippen LogP contribution in [0.2, 0.25) is 0 Å². The molecule has 12 nitrogen and oxygen atoms in total. The van der Waals surface area contributed by atoms with Gasteiger partial charge in [-0.3, -0.25) is 5.32 Å². The van der Waals surface area contributed by atoms with Crippen LogP contribution in [-0.2, 0) is 22.4 Å². The summed E-state index contributed by atoms with van der Waals surface area (Å²) < 4.78 is 112. The minimum Gasteiger partial charge on any atom is -0.404 e. The summed E-state index contributed by atoms with van der Waals surface area (Å²) in [5.74, 6) is -0.560. The summed E-state index contributed by atoms with van der Waals surface area (Å²) in [6.07, 6.45) is -10.2. The summed E-state index contributed by atoms with van der Waals surface area (Å²) in [5.41, 5.74) is -3.50. The first-order valence-corrected chi connectivity index (χ1v) is 14.1. The van der Waals surface area contributed by atoms with Crippen molar-refractivity contribution in [3.63, 3.8) is 0 Å². The Balaban J connectivity index is 1.64. The van der Waals surface area contributed by atoms with E-state index in [4.69, 9.17) is 14.9 Å². The van der Waals surface area contributed by atoms with Gasteiger partial charge in [-0.2, -0.15) is 35.7 Å². The second-order valence-electron chi connectivity index (χ2n) is 8.60. The maximum Gasteiger partial charge on any atom is 0.433 e. The highest BCUT2D eigenvalue weighted by atomic mass is 32.2. The van der Waals surface area contributed by atoms with Gasteiger partial charge in [0.05, 0.1) is 36.4 Å². The molecule has 1 amide bonds. The van der Waals surface area contributed by atoms with Gasteiger partial charge in [-0.1, -0.05) is 23.5 Å². The molecule has 20 heteroatoms. The molecule has 4 aromatic rings. The van der Waals surface area contributed by atoms with Crippen molar-refractivity contribution < 1.29 is 54.5 Å². The minimum absolute atomic E-state index is 0.0326. The number of fused-ring (bicyclic) bond motifs is 1. The quantitative estimate of drug-likeness (QED) is 0.228. The van der Waals surface area contributed by atoms with Crippen molar-refractivity contribution in [1.29, 1.82) is 0 Å². The van der Waals surface area contributed by atoms with Crippen LogP contribution in [-0.4, -0.2) is 74.9 Å². The summed E-state index contributed by atoms with van der Waals surface area (Å²) in [4.78, 5) is 20.6. The van der Waals surface area contributed by atoms with Crippen LogP contribution in [0.5, 0.6) is 5.75 Å². The van der Waals surface area contributed by atoms with Gasteiger partial charge in [0.15, 0.2) is 26.4 Å². The predicted octanol–water partition coefficient (Wildman–Crippen LogP) is 3.79. The number of aliphatic hydroxyl groups is 2. The first-order chi connectivity index (χ1) is 20.1. The number of rotatable bonds is 9. The van der Waals surface area contributed by atoms with Crippen LogP contribution in [0.4, 0.5) is 36.3 Å². The number of sulfonamides is 1. The summed E-state index contributed by atoms with van der Waals surface area (Å²) in [7, 11) is -4.23. The van der Waals surface area contributed by atoms with Crippen molar-refractivity contribution in [2.75, 3.05) is 31.6 Å². The average Bonchev–Trinajstić information content (AvgIpc) is 3.49. The molecule has 0 saturated carbocycles. The first-order valence-electron chi connectivity index (χ1n) is 11.9. The molecule has 0 spiro atoms. The van der Waals surface area contributed by atoms with Gasteiger partial charge in [0.2, 0.25) is 0 Å². The molecule has 0 unspecified atom stereocenters. The third-order valence-corrected chi connectivity index (χ3v) is 9.23. The Kier molecular flexibility index (Phi) is 8.97. The fourth-order valence-corrected chi connectivity index (χ4v) is 6.73. The third-order valence-electron chi connectivity index (χ3n) is 5.68. The van der Waals surface area contributed by atoms with Gasteiger partial charge in [-0.05, 0) is 25.1 Å². The second kappa shape index (κ2) is 12.0. The largest absolute Gasteiger partial charge is 0.433 e. The van der Waals surface area contributed by atoms with E-state index in [1.807, 2.05) is 0 Å². The van der Waals surface area contributed by atoms with Gasteiger partial charge >= 0.3 is 18.4 Å². The Hall–Kier alpha value is -3.85. The molecule has 0 aliphatic heterocycles. The lowest BCUT2D eigenvalue weighted by Crippen LogP contribution is -2.35. The molecule has 0 bridgehead atoms. The molecule has 0 fully saturated rings. The molecule has 3 heterocycles. The van der Waals surface area contributed by atoms with E-state index in [1.54, 1.807) is 0 Å². The van der Waals surface area contributed by atoms with Gasteiger partial charge in [0, 0.05) is 18.7 Å². The zero-order valence-corrected chi connectivity index (χ0v) is 23.3. The number of alkyl halides is 6. The van der Waals surface area contributed by atoms with E-state index in [0.29, 0.717) is 34.1 Å². The fourth-order valence-electron chi connectivity index (χ4n) is 3.77. The van der Waals surface area contributed by atoms with Crippen LogP contribution in [0.25, 0.3) is 16.9 Å². The summed E-state index contributed by atoms with van der Waals surface area (Å²) in [6, 6.07) is 3.79. The van der Waals surface area contributed by atoms with Gasteiger partial charge in [0.1, 0.15) is 0 Å². The standard InChI is InChI=1S/C23H20F6N6O6S2/c1-12-19(43(39,40)34(6-8-36)7-9-37)42-20(31-12)33-21(38)41-16-11-30-35-17(23(27,28)29)10-15(32-18(16)35)13-2-4-14(5-3-13)22(24,25)26/h2-5,10-11,36-37H,6-9H2,1H3,(H,31,33,38). The Bertz CT molecular complexity index is 1730. The Morgan fingerprint density at radius 3 is 2.23 bits per heavy atom. The zero-order chi connectivity index (χ0) is 31.7. The molecule has 3 aromatic heterocycles. The maximum atomic E-state index is 13.8. The molecular formula is C23H20F6N6O6S2. The summed E-state index contributed by atoms with van der Waals surface area (Å²) in [6.45, 7) is -0.369. The Morgan fingerprint density at radius 2 is 1.67 bits per heavy atom. The van der Waals surface area contributed by atoms with Crippen molar-refractivity contribution >= 4 is 38.2 Å². The normalized spacial score (nSPS) is 12.7. The Morgan fingerprint density at radius 1 is 1.05 bits per heavy atom. The maximum absolute atomic E-state index is 13.8. The van der Waals surface area contributed by atoms with E-state index in [9.17, 15) is 39.6 Å². The van der Waals surface area contributed by atoms with Crippen molar-refractivity contribution in [2.45, 2.75) is 23.5 Å². The number of aromatic nitrogens is 4. The van der Waals surface area contributed by atoms with Crippen LogP contribution in [0, 0.1) is 6.92 Å². The molecule has 3 N–H and O–H groups in total. The molecule has 232 valence electrons. The average molecular weight is 655 g/mol. The number of amides is 1. The van der Waals surface area contributed by atoms with Gasteiger partial charge < -0.3 is 14.9 Å². The van der Waals surface area contributed by atoms with E-state index in [2.05, 4.69) is 20.4 Å². The lowest BCUT2D eigenvalue weighted by atomic mass is 10.1. The SMILES string of the molecule is Cc1nc(NC(=O)Oc2cnn3c(C(F)(F)F)cc(-c4ccc(C(F)(F)F)cc4)nc23)sc1S(=O)(=O)N(CCO)CCO. The number of carbonyl (C=O) groups excluding carboxylic acids is 1. The number of benzene rings is 1. The first kappa shape index (κ1) is 32.1. The van der Waals surface area contributed by atoms with E-state index in [0.717, 1.165) is 22.6 Å². The van der Waals surface area contributed by atoms with Crippen LogP contribution in [0.3, 0.4) is 0 Å². The number of aliphatic hydroxyl groups excluding tert-OH is 2. The van der Waals surface area contributed by atoms with Crippen molar-refractivity contribution in [1.82, 2.24) is 23.9 Å². The van der Waals surface area contributed by atoms with Crippen LogP contribution < -0.4 is 10.1 Å². The van der Waals surface area contributed by atoms with Crippen LogP contribution in [0.15, 0.2) is 40.7 Å². The number of nitrogens with zero attached hydrogens (tertiary/aromatic N) is 5. The molecule has 0 aliphatic carbocycles. The molecule has 0 saturated heterocycles. The highest BCUT2D eigenvalue weighted by Gasteiger charge is 2.36. The van der Waals surface area contributed by atoms with Crippen molar-refractivity contribution in [3.8, 4) is 17.0 Å². The zero-order valence-electron chi connectivity index (χ0n) is 21.6. The molecule has 0 radical (unpaired) electrons. The molecule has 1 aromatic carbocycles. The van der Waals surface area contributed by atoms with E-state index in [-0.39, 0.29) is 39.4 Å². The number of ether oxygens (including phenoxy) is 1. The number of thiazole rings is 1.